The van der Waals surface area contributed by atoms with Crippen molar-refractivity contribution in [1.29, 1.82) is 0 Å². The highest BCUT2D eigenvalue weighted by Gasteiger charge is 2.30. The monoisotopic (exact) mass is 309 g/mol. The average Bonchev–Trinajstić information content (AvgIpc) is 2.91. The zero-order valence-electron chi connectivity index (χ0n) is 13.4. The van der Waals surface area contributed by atoms with E-state index in [1.165, 1.54) is 23.2 Å². The molecule has 1 aromatic carbocycles. The van der Waals surface area contributed by atoms with Gasteiger partial charge in [0.25, 0.3) is 0 Å². The van der Waals surface area contributed by atoms with Crippen LogP contribution in [0.15, 0.2) is 36.5 Å². The molecular weight excluding hydrogens is 286 g/mol. The van der Waals surface area contributed by atoms with E-state index in [1.54, 1.807) is 0 Å². The Morgan fingerprint density at radius 1 is 1.17 bits per heavy atom. The first-order valence-electron chi connectivity index (χ1n) is 8.70. The molecule has 1 atom stereocenters. The average molecular weight is 309 g/mol. The van der Waals surface area contributed by atoms with Gasteiger partial charge in [-0.1, -0.05) is 36.8 Å². The molecule has 0 bridgehead atoms. The van der Waals surface area contributed by atoms with Crippen molar-refractivity contribution in [2.24, 2.45) is 5.92 Å². The van der Waals surface area contributed by atoms with E-state index >= 15 is 0 Å². The highest BCUT2D eigenvalue weighted by atomic mass is 16.2. The van der Waals surface area contributed by atoms with Gasteiger partial charge in [0, 0.05) is 17.2 Å². The van der Waals surface area contributed by atoms with Crippen molar-refractivity contribution in [3.63, 3.8) is 0 Å². The van der Waals surface area contributed by atoms with E-state index in [-0.39, 0.29) is 17.9 Å². The predicted molar refractivity (Wildman–Crippen MR) is 88.9 cm³/mol. The summed E-state index contributed by atoms with van der Waals surface area (Å²) in [6.45, 7) is 0.805. The molecule has 0 saturated heterocycles. The molecule has 0 spiro atoms. The zero-order valence-corrected chi connectivity index (χ0v) is 13.4. The van der Waals surface area contributed by atoms with Gasteiger partial charge in [0.2, 0.25) is 5.91 Å². The smallest absolute Gasteiger partial charge is 0.223 e. The van der Waals surface area contributed by atoms with Gasteiger partial charge < -0.3 is 5.32 Å². The van der Waals surface area contributed by atoms with Crippen LogP contribution in [0.4, 0.5) is 0 Å². The van der Waals surface area contributed by atoms with Crippen molar-refractivity contribution < 1.29 is 4.79 Å². The van der Waals surface area contributed by atoms with E-state index in [0.29, 0.717) is 0 Å². The Kier molecular flexibility index (Phi) is 3.90. The number of aromatic nitrogens is 2. The molecule has 1 aromatic heterocycles. The van der Waals surface area contributed by atoms with Crippen molar-refractivity contribution in [2.75, 3.05) is 0 Å². The number of carbonyl (C=O) groups excluding carboxylic acids is 1. The molecule has 4 nitrogen and oxygen atoms in total. The van der Waals surface area contributed by atoms with Crippen molar-refractivity contribution in [3.8, 4) is 0 Å². The lowest BCUT2D eigenvalue weighted by Crippen LogP contribution is -2.38. The first-order valence-corrected chi connectivity index (χ1v) is 8.70. The predicted octanol–water partition coefficient (Wildman–Crippen LogP) is 3.23. The molecule has 1 amide bonds. The molecule has 0 aliphatic heterocycles. The van der Waals surface area contributed by atoms with Gasteiger partial charge >= 0.3 is 0 Å². The molecule has 2 aliphatic carbocycles. The molecule has 4 heteroatoms. The van der Waals surface area contributed by atoms with Crippen LogP contribution in [0.5, 0.6) is 0 Å². The maximum Gasteiger partial charge on any atom is 0.223 e. The Labute approximate surface area is 136 Å². The summed E-state index contributed by atoms with van der Waals surface area (Å²) in [4.78, 5) is 12.3. The summed E-state index contributed by atoms with van der Waals surface area (Å²) in [6.07, 6.45) is 8.47. The lowest BCUT2D eigenvalue weighted by Gasteiger charge is -2.29. The molecular formula is C19H23N3O. The lowest BCUT2D eigenvalue weighted by molar-refractivity contribution is -0.128. The Hall–Kier alpha value is -2.10. The third-order valence-electron chi connectivity index (χ3n) is 5.23. The highest BCUT2D eigenvalue weighted by Crippen LogP contribution is 2.32. The topological polar surface area (TPSA) is 46.9 Å². The van der Waals surface area contributed by atoms with E-state index in [1.807, 2.05) is 12.3 Å². The van der Waals surface area contributed by atoms with Gasteiger partial charge in [-0.2, -0.15) is 5.10 Å². The van der Waals surface area contributed by atoms with Gasteiger partial charge in [-0.3, -0.25) is 9.48 Å². The number of carbonyl (C=O) groups is 1. The maximum atomic E-state index is 12.3. The fourth-order valence-corrected chi connectivity index (χ4v) is 3.62. The number of benzene rings is 1. The van der Waals surface area contributed by atoms with E-state index in [4.69, 9.17) is 0 Å². The quantitative estimate of drug-likeness (QED) is 0.942. The highest BCUT2D eigenvalue weighted by molar-refractivity contribution is 5.79. The Morgan fingerprint density at radius 3 is 2.74 bits per heavy atom. The Morgan fingerprint density at radius 2 is 2.00 bits per heavy atom. The van der Waals surface area contributed by atoms with Crippen LogP contribution < -0.4 is 5.32 Å². The van der Waals surface area contributed by atoms with E-state index in [9.17, 15) is 4.79 Å². The zero-order chi connectivity index (χ0) is 15.6. The van der Waals surface area contributed by atoms with E-state index in [0.717, 1.165) is 38.6 Å². The Balaban J connectivity index is 1.51. The Bertz CT molecular complexity index is 688. The molecule has 2 aliphatic rings. The van der Waals surface area contributed by atoms with Crippen molar-refractivity contribution >= 4 is 5.91 Å². The third-order valence-corrected chi connectivity index (χ3v) is 5.23. The summed E-state index contributed by atoms with van der Waals surface area (Å²) in [5.74, 6) is 0.490. The maximum absolute atomic E-state index is 12.3. The van der Waals surface area contributed by atoms with Crippen LogP contribution in [0.1, 0.15) is 55.0 Å². The van der Waals surface area contributed by atoms with Crippen LogP contribution in [0.3, 0.4) is 0 Å². The largest absolute Gasteiger partial charge is 0.349 e. The minimum absolute atomic E-state index is 0.149. The van der Waals surface area contributed by atoms with E-state index < -0.39 is 0 Å². The number of hydrogen-bond donors (Lipinski definition) is 1. The second kappa shape index (κ2) is 6.19. The molecule has 23 heavy (non-hydrogen) atoms. The molecule has 4 rings (SSSR count). The number of nitrogens with zero attached hydrogens (tertiary/aromatic N) is 2. The third kappa shape index (κ3) is 2.90. The standard InChI is InChI=1S/C19H23N3O/c23-19(15-8-4-9-15)21-17-10-5-11-18-16(17)12-20-22(18)13-14-6-2-1-3-7-14/h1-3,6-7,12,15,17H,4-5,8-11,13H2,(H,21,23)/t17-/m1/s1. The number of hydrogen-bond acceptors (Lipinski definition) is 2. The summed E-state index contributed by atoms with van der Waals surface area (Å²) >= 11 is 0. The SMILES string of the molecule is O=C(N[C@@H]1CCCc2c1cnn2Cc1ccccc1)C1CCC1. The van der Waals surface area contributed by atoms with Crippen LogP contribution in [-0.4, -0.2) is 15.7 Å². The molecule has 2 aromatic rings. The minimum atomic E-state index is 0.149. The second-order valence-corrected chi connectivity index (χ2v) is 6.77. The van der Waals surface area contributed by atoms with Gasteiger partial charge in [0.1, 0.15) is 0 Å². The van der Waals surface area contributed by atoms with Gasteiger partial charge in [0.05, 0.1) is 18.8 Å². The van der Waals surface area contributed by atoms with Crippen molar-refractivity contribution in [2.45, 2.75) is 51.1 Å². The van der Waals surface area contributed by atoms with E-state index in [2.05, 4.69) is 39.4 Å². The molecule has 1 fully saturated rings. The molecule has 1 N–H and O–H groups in total. The van der Waals surface area contributed by atoms with Crippen LogP contribution in [0, 0.1) is 5.92 Å². The van der Waals surface area contributed by atoms with Crippen molar-refractivity contribution in [1.82, 2.24) is 15.1 Å². The number of fused-ring (bicyclic) bond motifs is 1. The second-order valence-electron chi connectivity index (χ2n) is 6.77. The fourth-order valence-electron chi connectivity index (χ4n) is 3.62. The van der Waals surface area contributed by atoms with Crippen LogP contribution in [-0.2, 0) is 17.8 Å². The number of rotatable bonds is 4. The van der Waals surface area contributed by atoms with Gasteiger partial charge in [-0.05, 0) is 37.7 Å². The van der Waals surface area contributed by atoms with Gasteiger partial charge in [-0.15, -0.1) is 0 Å². The summed E-state index contributed by atoms with van der Waals surface area (Å²) in [6, 6.07) is 10.6. The molecule has 1 saturated carbocycles. The van der Waals surface area contributed by atoms with Crippen LogP contribution in [0.25, 0.3) is 0 Å². The molecule has 0 radical (unpaired) electrons. The molecule has 0 unspecified atom stereocenters. The number of nitrogens with one attached hydrogen (secondary N) is 1. The fraction of sp³-hybridized carbons (Fsp3) is 0.474. The van der Waals surface area contributed by atoms with Gasteiger partial charge in [0.15, 0.2) is 0 Å². The molecule has 1 heterocycles. The van der Waals surface area contributed by atoms with Crippen LogP contribution >= 0.6 is 0 Å². The number of amides is 1. The summed E-state index contributed by atoms with van der Waals surface area (Å²) < 4.78 is 2.10. The summed E-state index contributed by atoms with van der Waals surface area (Å²) in [5.41, 5.74) is 3.78. The summed E-state index contributed by atoms with van der Waals surface area (Å²) in [7, 11) is 0. The lowest BCUT2D eigenvalue weighted by atomic mass is 9.84. The normalized spacial score (nSPS) is 20.6. The van der Waals surface area contributed by atoms with Gasteiger partial charge in [-0.25, -0.2) is 0 Å². The summed E-state index contributed by atoms with van der Waals surface area (Å²) in [5, 5.41) is 7.86. The first-order chi connectivity index (χ1) is 11.3. The first kappa shape index (κ1) is 14.5. The molecule has 120 valence electrons. The van der Waals surface area contributed by atoms with Crippen molar-refractivity contribution in [3.05, 3.63) is 53.3 Å². The van der Waals surface area contributed by atoms with Crippen LogP contribution in [0.2, 0.25) is 0 Å². The minimum Gasteiger partial charge on any atom is -0.349 e.